The standard InChI is InChI=1S/C28H26F2N2O/c1-16-11-12-17(2)19(13-16)15-32-23-10-5-4-8-20(23)26(27(32)28(29)30)21-14-24(33)31-22-9-6-7-18(3)25(21)22/h4-13,21,28H,14-15H2,1-3H3,(H,31,33). The molecule has 5 heteroatoms. The average molecular weight is 445 g/mol. The van der Waals surface area contributed by atoms with Crippen molar-refractivity contribution >= 4 is 22.5 Å². The molecule has 1 aliphatic rings. The molecule has 0 spiro atoms. The van der Waals surface area contributed by atoms with Crippen LogP contribution in [0.1, 0.15) is 57.8 Å². The van der Waals surface area contributed by atoms with Crippen LogP contribution in [0.2, 0.25) is 0 Å². The van der Waals surface area contributed by atoms with Crippen LogP contribution >= 0.6 is 0 Å². The molecule has 1 aliphatic heterocycles. The van der Waals surface area contributed by atoms with Crippen molar-refractivity contribution in [3.63, 3.8) is 0 Å². The Bertz CT molecular complexity index is 1390. The lowest BCUT2D eigenvalue weighted by molar-refractivity contribution is -0.116. The average Bonchev–Trinajstić information content (AvgIpc) is 3.10. The van der Waals surface area contributed by atoms with Gasteiger partial charge < -0.3 is 9.88 Å². The maximum Gasteiger partial charge on any atom is 0.278 e. The summed E-state index contributed by atoms with van der Waals surface area (Å²) in [6.07, 6.45) is -2.52. The summed E-state index contributed by atoms with van der Waals surface area (Å²) in [6.45, 7) is 6.35. The summed E-state index contributed by atoms with van der Waals surface area (Å²) in [5.74, 6) is -0.576. The van der Waals surface area contributed by atoms with E-state index in [1.54, 1.807) is 4.57 Å². The fraction of sp³-hybridized carbons (Fsp3) is 0.250. The number of aromatic nitrogens is 1. The van der Waals surface area contributed by atoms with Crippen LogP contribution in [-0.2, 0) is 11.3 Å². The van der Waals surface area contributed by atoms with E-state index in [2.05, 4.69) is 11.4 Å². The first-order chi connectivity index (χ1) is 15.8. The first-order valence-corrected chi connectivity index (χ1v) is 11.2. The molecule has 2 heterocycles. The number of rotatable bonds is 4. The molecule has 3 nitrogen and oxygen atoms in total. The van der Waals surface area contributed by atoms with Gasteiger partial charge in [-0.15, -0.1) is 0 Å². The molecule has 1 aromatic heterocycles. The van der Waals surface area contributed by atoms with Crippen molar-refractivity contribution in [3.05, 3.63) is 99.7 Å². The van der Waals surface area contributed by atoms with Gasteiger partial charge in [-0.2, -0.15) is 0 Å². The van der Waals surface area contributed by atoms with Gasteiger partial charge in [-0.3, -0.25) is 4.79 Å². The van der Waals surface area contributed by atoms with Crippen molar-refractivity contribution in [2.24, 2.45) is 0 Å². The number of alkyl halides is 2. The number of aryl methyl sites for hydroxylation is 3. The fourth-order valence-electron chi connectivity index (χ4n) is 5.25. The molecule has 5 rings (SSSR count). The minimum Gasteiger partial charge on any atom is -0.335 e. The lowest BCUT2D eigenvalue weighted by atomic mass is 9.81. The minimum absolute atomic E-state index is 0.00556. The third kappa shape index (κ3) is 3.62. The quantitative estimate of drug-likeness (QED) is 0.360. The van der Waals surface area contributed by atoms with Crippen molar-refractivity contribution in [3.8, 4) is 0 Å². The van der Waals surface area contributed by atoms with Crippen LogP contribution in [0, 0.1) is 20.8 Å². The second kappa shape index (κ2) is 8.14. The zero-order valence-electron chi connectivity index (χ0n) is 19.0. The Morgan fingerprint density at radius 3 is 2.55 bits per heavy atom. The van der Waals surface area contributed by atoms with Gasteiger partial charge in [0.25, 0.3) is 6.43 Å². The molecule has 4 aromatic rings. The Labute approximate surface area is 192 Å². The molecule has 0 saturated heterocycles. The van der Waals surface area contributed by atoms with E-state index in [-0.39, 0.29) is 18.0 Å². The van der Waals surface area contributed by atoms with Gasteiger partial charge in [0, 0.05) is 35.5 Å². The maximum absolute atomic E-state index is 14.8. The first-order valence-electron chi connectivity index (χ1n) is 11.2. The Hall–Kier alpha value is -3.47. The number of amides is 1. The van der Waals surface area contributed by atoms with E-state index in [4.69, 9.17) is 0 Å². The molecule has 0 saturated carbocycles. The number of para-hydroxylation sites is 1. The predicted molar refractivity (Wildman–Crippen MR) is 128 cm³/mol. The number of benzene rings is 3. The second-order valence-electron chi connectivity index (χ2n) is 8.97. The van der Waals surface area contributed by atoms with Crippen LogP contribution in [0.4, 0.5) is 14.5 Å². The first kappa shape index (κ1) is 21.4. The van der Waals surface area contributed by atoms with Gasteiger partial charge in [-0.1, -0.05) is 54.1 Å². The highest BCUT2D eigenvalue weighted by Crippen LogP contribution is 2.46. The Morgan fingerprint density at radius 2 is 1.76 bits per heavy atom. The molecule has 0 bridgehead atoms. The SMILES string of the molecule is Cc1ccc(C)c(Cn2c(C(F)F)c(C3CC(=O)Nc4cccc(C)c43)c3ccccc32)c1. The summed E-state index contributed by atoms with van der Waals surface area (Å²) in [7, 11) is 0. The van der Waals surface area contributed by atoms with Crippen LogP contribution in [-0.4, -0.2) is 10.5 Å². The van der Waals surface area contributed by atoms with Gasteiger partial charge in [0.15, 0.2) is 0 Å². The largest absolute Gasteiger partial charge is 0.335 e. The van der Waals surface area contributed by atoms with Crippen molar-refractivity contribution < 1.29 is 13.6 Å². The molecule has 1 unspecified atom stereocenters. The smallest absolute Gasteiger partial charge is 0.278 e. The lowest BCUT2D eigenvalue weighted by Crippen LogP contribution is -2.25. The van der Waals surface area contributed by atoms with Gasteiger partial charge in [0.1, 0.15) is 0 Å². The molecule has 1 N–H and O–H groups in total. The maximum atomic E-state index is 14.8. The summed E-state index contributed by atoms with van der Waals surface area (Å²) >= 11 is 0. The molecule has 1 atom stereocenters. The Balaban J connectivity index is 1.79. The summed E-state index contributed by atoms with van der Waals surface area (Å²) in [4.78, 5) is 12.6. The summed E-state index contributed by atoms with van der Waals surface area (Å²) in [5, 5.41) is 3.71. The van der Waals surface area contributed by atoms with Crippen molar-refractivity contribution in [2.45, 2.75) is 46.1 Å². The topological polar surface area (TPSA) is 34.0 Å². The molecule has 168 valence electrons. The van der Waals surface area contributed by atoms with Gasteiger partial charge in [0.05, 0.1) is 5.69 Å². The van der Waals surface area contributed by atoms with Crippen molar-refractivity contribution in [1.82, 2.24) is 4.57 Å². The lowest BCUT2D eigenvalue weighted by Gasteiger charge is -2.28. The van der Waals surface area contributed by atoms with E-state index in [1.165, 1.54) is 0 Å². The highest BCUT2D eigenvalue weighted by molar-refractivity contribution is 5.97. The number of anilines is 1. The number of nitrogens with one attached hydrogen (secondary N) is 1. The van der Waals surface area contributed by atoms with Crippen LogP contribution in [0.3, 0.4) is 0 Å². The van der Waals surface area contributed by atoms with Crippen molar-refractivity contribution in [1.29, 1.82) is 0 Å². The van der Waals surface area contributed by atoms with Crippen LogP contribution in [0.15, 0.2) is 60.7 Å². The van der Waals surface area contributed by atoms with E-state index in [9.17, 15) is 13.6 Å². The van der Waals surface area contributed by atoms with E-state index in [0.29, 0.717) is 17.8 Å². The highest BCUT2D eigenvalue weighted by Gasteiger charge is 2.35. The third-order valence-corrected chi connectivity index (χ3v) is 6.78. The highest BCUT2D eigenvalue weighted by atomic mass is 19.3. The van der Waals surface area contributed by atoms with Crippen LogP contribution in [0.25, 0.3) is 10.9 Å². The van der Waals surface area contributed by atoms with Gasteiger partial charge in [-0.25, -0.2) is 8.78 Å². The molecular formula is C28H26F2N2O. The van der Waals surface area contributed by atoms with Gasteiger partial charge in [-0.05, 0) is 60.7 Å². The molecule has 33 heavy (non-hydrogen) atoms. The fourth-order valence-corrected chi connectivity index (χ4v) is 5.25. The molecule has 0 radical (unpaired) electrons. The summed E-state index contributed by atoms with van der Waals surface area (Å²) in [6, 6.07) is 19.4. The van der Waals surface area contributed by atoms with E-state index < -0.39 is 12.3 Å². The molecule has 0 fully saturated rings. The molecular weight excluding hydrogens is 418 g/mol. The zero-order chi connectivity index (χ0) is 23.3. The second-order valence-corrected chi connectivity index (χ2v) is 8.97. The Kier molecular flexibility index (Phi) is 5.28. The zero-order valence-corrected chi connectivity index (χ0v) is 19.0. The number of fused-ring (bicyclic) bond motifs is 2. The third-order valence-electron chi connectivity index (χ3n) is 6.78. The molecule has 1 amide bonds. The van der Waals surface area contributed by atoms with Crippen LogP contribution in [0.5, 0.6) is 0 Å². The number of carbonyl (C=O) groups excluding carboxylic acids is 1. The molecule has 3 aromatic carbocycles. The number of halogens is 2. The van der Waals surface area contributed by atoms with Crippen LogP contribution < -0.4 is 5.32 Å². The molecule has 0 aliphatic carbocycles. The van der Waals surface area contributed by atoms with Gasteiger partial charge in [0.2, 0.25) is 5.91 Å². The normalized spacial score (nSPS) is 15.7. The Morgan fingerprint density at radius 1 is 0.970 bits per heavy atom. The van der Waals surface area contributed by atoms with E-state index in [1.807, 2.05) is 75.4 Å². The van der Waals surface area contributed by atoms with Gasteiger partial charge >= 0.3 is 0 Å². The van der Waals surface area contributed by atoms with E-state index >= 15 is 0 Å². The minimum atomic E-state index is -2.67. The number of nitrogens with zero attached hydrogens (tertiary/aromatic N) is 1. The summed E-state index contributed by atoms with van der Waals surface area (Å²) in [5.41, 5.74) is 7.15. The van der Waals surface area contributed by atoms with E-state index in [0.717, 1.165) is 38.7 Å². The van der Waals surface area contributed by atoms with Crippen molar-refractivity contribution in [2.75, 3.05) is 5.32 Å². The number of carbonyl (C=O) groups is 1. The number of hydrogen-bond donors (Lipinski definition) is 1. The predicted octanol–water partition coefficient (Wildman–Crippen LogP) is 7.03. The number of hydrogen-bond acceptors (Lipinski definition) is 1. The monoisotopic (exact) mass is 444 g/mol. The summed E-state index contributed by atoms with van der Waals surface area (Å²) < 4.78 is 31.4.